The van der Waals surface area contributed by atoms with Gasteiger partial charge in [0.2, 0.25) is 0 Å². The summed E-state index contributed by atoms with van der Waals surface area (Å²) >= 11 is 0. The average molecular weight is 349 g/mol. The highest BCUT2D eigenvalue weighted by atomic mass is 28.4. The van der Waals surface area contributed by atoms with Gasteiger partial charge in [-0.3, -0.25) is 9.59 Å². The Balaban J connectivity index is 2.85. The number of aryl methyl sites for hydroxylation is 1. The number of hydrogen-bond acceptors (Lipinski definition) is 4. The molecule has 1 rings (SSSR count). The Morgan fingerprint density at radius 3 is 2.33 bits per heavy atom. The normalized spacial score (nSPS) is 11.9. The van der Waals surface area contributed by atoms with Gasteiger partial charge in [0.1, 0.15) is 12.0 Å². The molecule has 1 aromatic carbocycles. The number of benzene rings is 1. The molecule has 0 heterocycles. The van der Waals surface area contributed by atoms with Crippen molar-refractivity contribution in [1.82, 2.24) is 0 Å². The molecule has 0 aliphatic rings. The van der Waals surface area contributed by atoms with Crippen molar-refractivity contribution in [2.45, 2.75) is 51.7 Å². The van der Waals surface area contributed by atoms with E-state index in [1.54, 1.807) is 6.07 Å². The summed E-state index contributed by atoms with van der Waals surface area (Å²) in [6.07, 6.45) is 4.18. The zero-order valence-corrected chi connectivity index (χ0v) is 16.3. The molecule has 24 heavy (non-hydrogen) atoms. The van der Waals surface area contributed by atoms with E-state index in [1.165, 1.54) is 12.3 Å². The van der Waals surface area contributed by atoms with E-state index in [0.717, 1.165) is 18.3 Å². The van der Waals surface area contributed by atoms with Gasteiger partial charge in [-0.2, -0.15) is 0 Å². The molecule has 0 amide bonds. The lowest BCUT2D eigenvalue weighted by atomic mass is 10.0. The zero-order valence-electron chi connectivity index (χ0n) is 15.3. The predicted octanol–water partition coefficient (Wildman–Crippen LogP) is 4.79. The summed E-state index contributed by atoms with van der Waals surface area (Å²) in [5.74, 6) is 0.470. The van der Waals surface area contributed by atoms with Gasteiger partial charge < -0.3 is 9.16 Å². The lowest BCUT2D eigenvalue weighted by molar-refractivity contribution is 0.112. The van der Waals surface area contributed by atoms with E-state index in [0.29, 0.717) is 36.2 Å². The quantitative estimate of drug-likeness (QED) is 0.279. The van der Waals surface area contributed by atoms with Crippen LogP contribution in [0, 0.1) is 0 Å². The third kappa shape index (κ3) is 5.14. The van der Waals surface area contributed by atoms with E-state index in [4.69, 9.17) is 9.16 Å². The van der Waals surface area contributed by atoms with Gasteiger partial charge in [-0.15, -0.1) is 0 Å². The first-order valence-corrected chi connectivity index (χ1v) is 11.1. The van der Waals surface area contributed by atoms with Crippen LogP contribution in [0.25, 0.3) is 0 Å². The molecule has 0 saturated carbocycles. The number of carbonyl (C=O) groups excluding carboxylic acids is 2. The molecule has 0 radical (unpaired) electrons. The summed E-state index contributed by atoms with van der Waals surface area (Å²) in [7, 11) is -1.77. The fourth-order valence-corrected chi connectivity index (χ4v) is 3.20. The molecule has 5 heteroatoms. The first-order chi connectivity index (χ1) is 11.2. The largest absolute Gasteiger partial charge is 0.465 e. The number of carbonyl (C=O) groups is 2. The Morgan fingerprint density at radius 1 is 1.17 bits per heavy atom. The van der Waals surface area contributed by atoms with Crippen molar-refractivity contribution in [2.75, 3.05) is 6.61 Å². The SMILES string of the molecule is C=COc1c(C=O)cc(C=O)cc1CCCO[Si](C)(C)C(C)(C)C. The minimum atomic E-state index is -1.77. The van der Waals surface area contributed by atoms with E-state index in [1.807, 2.05) is 0 Å². The second-order valence-corrected chi connectivity index (χ2v) is 12.1. The average Bonchev–Trinajstić information content (AvgIpc) is 2.51. The van der Waals surface area contributed by atoms with Gasteiger partial charge in [0.05, 0.1) is 11.8 Å². The highest BCUT2D eigenvalue weighted by molar-refractivity contribution is 6.74. The molecule has 0 fully saturated rings. The van der Waals surface area contributed by atoms with Gasteiger partial charge in [0.15, 0.2) is 14.6 Å². The number of rotatable bonds is 9. The fraction of sp³-hybridized carbons (Fsp3) is 0.474. The summed E-state index contributed by atoms with van der Waals surface area (Å²) < 4.78 is 11.6. The molecule has 0 saturated heterocycles. The molecule has 4 nitrogen and oxygen atoms in total. The Morgan fingerprint density at radius 2 is 1.83 bits per heavy atom. The lowest BCUT2D eigenvalue weighted by Gasteiger charge is -2.36. The smallest absolute Gasteiger partial charge is 0.191 e. The molecule has 0 bridgehead atoms. The van der Waals surface area contributed by atoms with Crippen LogP contribution in [0.15, 0.2) is 25.0 Å². The molecular formula is C19H28O4Si. The lowest BCUT2D eigenvalue weighted by Crippen LogP contribution is -2.41. The number of ether oxygens (including phenoxy) is 1. The van der Waals surface area contributed by atoms with E-state index in [-0.39, 0.29) is 5.04 Å². The summed E-state index contributed by atoms with van der Waals surface area (Å²) in [5.41, 5.74) is 1.65. The fourth-order valence-electron chi connectivity index (χ4n) is 2.11. The van der Waals surface area contributed by atoms with Crippen LogP contribution in [0.1, 0.15) is 53.5 Å². The van der Waals surface area contributed by atoms with E-state index >= 15 is 0 Å². The summed E-state index contributed by atoms with van der Waals surface area (Å²) in [5, 5.41) is 0.173. The third-order valence-corrected chi connectivity index (χ3v) is 9.08. The van der Waals surface area contributed by atoms with Crippen molar-refractivity contribution in [1.29, 1.82) is 0 Å². The summed E-state index contributed by atoms with van der Waals surface area (Å²) in [6.45, 7) is 15.2. The maximum absolute atomic E-state index is 11.2. The van der Waals surface area contributed by atoms with Crippen molar-refractivity contribution in [2.24, 2.45) is 0 Å². The van der Waals surface area contributed by atoms with Gasteiger partial charge in [-0.25, -0.2) is 0 Å². The van der Waals surface area contributed by atoms with E-state index in [9.17, 15) is 9.59 Å². The molecule has 0 spiro atoms. The summed E-state index contributed by atoms with van der Waals surface area (Å²) in [4.78, 5) is 22.3. The minimum Gasteiger partial charge on any atom is -0.465 e. The van der Waals surface area contributed by atoms with Gasteiger partial charge in [-0.1, -0.05) is 27.4 Å². The Kier molecular flexibility index (Phi) is 7.11. The van der Waals surface area contributed by atoms with Crippen LogP contribution in [0.4, 0.5) is 0 Å². The molecule has 0 atom stereocenters. The number of aldehydes is 2. The van der Waals surface area contributed by atoms with Crippen LogP contribution in [0.2, 0.25) is 18.1 Å². The van der Waals surface area contributed by atoms with Crippen LogP contribution in [0.3, 0.4) is 0 Å². The first kappa shape index (κ1) is 20.3. The topological polar surface area (TPSA) is 52.6 Å². The van der Waals surface area contributed by atoms with Crippen LogP contribution < -0.4 is 4.74 Å². The first-order valence-electron chi connectivity index (χ1n) is 8.15. The maximum atomic E-state index is 11.2. The van der Waals surface area contributed by atoms with Crippen LogP contribution in [0.5, 0.6) is 5.75 Å². The zero-order chi connectivity index (χ0) is 18.4. The van der Waals surface area contributed by atoms with E-state index in [2.05, 4.69) is 40.4 Å². The minimum absolute atomic E-state index is 0.173. The molecule has 0 aromatic heterocycles. The Hall–Kier alpha value is -1.72. The van der Waals surface area contributed by atoms with Crippen molar-refractivity contribution in [3.05, 3.63) is 41.7 Å². The van der Waals surface area contributed by atoms with Crippen LogP contribution >= 0.6 is 0 Å². The van der Waals surface area contributed by atoms with Gasteiger partial charge in [-0.05, 0) is 48.7 Å². The van der Waals surface area contributed by atoms with Crippen LogP contribution in [-0.4, -0.2) is 27.5 Å². The molecule has 0 N–H and O–H groups in total. The van der Waals surface area contributed by atoms with E-state index < -0.39 is 8.32 Å². The van der Waals surface area contributed by atoms with Crippen molar-refractivity contribution in [3.8, 4) is 5.75 Å². The van der Waals surface area contributed by atoms with Crippen molar-refractivity contribution >= 4 is 20.9 Å². The van der Waals surface area contributed by atoms with Crippen LogP contribution in [-0.2, 0) is 10.8 Å². The predicted molar refractivity (Wildman–Crippen MR) is 99.5 cm³/mol. The molecule has 0 aliphatic carbocycles. The molecule has 0 unspecified atom stereocenters. The second kappa shape index (κ2) is 8.40. The molecule has 132 valence electrons. The molecular weight excluding hydrogens is 320 g/mol. The maximum Gasteiger partial charge on any atom is 0.191 e. The van der Waals surface area contributed by atoms with Gasteiger partial charge >= 0.3 is 0 Å². The third-order valence-electron chi connectivity index (χ3n) is 4.54. The highest BCUT2D eigenvalue weighted by Crippen LogP contribution is 2.36. The molecule has 0 aliphatic heterocycles. The van der Waals surface area contributed by atoms with Gasteiger partial charge in [0, 0.05) is 12.2 Å². The highest BCUT2D eigenvalue weighted by Gasteiger charge is 2.36. The standard InChI is InChI=1S/C19H28O4Si/c1-7-22-18-16(11-15(13-20)12-17(18)14-21)9-8-10-23-24(5,6)19(2,3)4/h7,11-14H,1,8-10H2,2-6H3. The van der Waals surface area contributed by atoms with Gasteiger partial charge in [0.25, 0.3) is 0 Å². The van der Waals surface area contributed by atoms with Crippen molar-refractivity contribution < 1.29 is 18.8 Å². The monoisotopic (exact) mass is 348 g/mol. The molecule has 1 aromatic rings. The van der Waals surface area contributed by atoms with Crippen molar-refractivity contribution in [3.63, 3.8) is 0 Å². The Labute approximate surface area is 146 Å². The summed E-state index contributed by atoms with van der Waals surface area (Å²) in [6, 6.07) is 3.28. The second-order valence-electron chi connectivity index (χ2n) is 7.33. The Bertz CT molecular complexity index is 600. The number of hydrogen-bond donors (Lipinski definition) is 0.